The van der Waals surface area contributed by atoms with Crippen LogP contribution in [-0.2, 0) is 14.3 Å². The summed E-state index contributed by atoms with van der Waals surface area (Å²) in [6.07, 6.45) is 1.38. The third-order valence-electron chi connectivity index (χ3n) is 4.23. The number of hydrogen-bond donors (Lipinski definition) is 1. The summed E-state index contributed by atoms with van der Waals surface area (Å²) in [5.74, 6) is -1.50. The van der Waals surface area contributed by atoms with Gasteiger partial charge in [0, 0.05) is 0 Å². The van der Waals surface area contributed by atoms with Crippen LogP contribution in [0.3, 0.4) is 0 Å². The summed E-state index contributed by atoms with van der Waals surface area (Å²) in [6.45, 7) is 1.92. The van der Waals surface area contributed by atoms with Crippen LogP contribution in [0.15, 0.2) is 52.5 Å². The third kappa shape index (κ3) is 4.25. The van der Waals surface area contributed by atoms with Crippen LogP contribution >= 0.6 is 15.9 Å². The van der Waals surface area contributed by atoms with E-state index in [1.165, 1.54) is 37.5 Å². The molecule has 4 amide bonds. The smallest absolute Gasteiger partial charge is 0.338 e. The van der Waals surface area contributed by atoms with Crippen molar-refractivity contribution in [3.8, 4) is 5.75 Å². The maximum atomic E-state index is 12.9. The van der Waals surface area contributed by atoms with Crippen LogP contribution in [0.1, 0.15) is 22.8 Å². The zero-order valence-corrected chi connectivity index (χ0v) is 17.7. The van der Waals surface area contributed by atoms with E-state index >= 15 is 0 Å². The van der Waals surface area contributed by atoms with Gasteiger partial charge in [0.2, 0.25) is 0 Å². The van der Waals surface area contributed by atoms with Crippen molar-refractivity contribution in [1.29, 1.82) is 0 Å². The molecule has 0 spiro atoms. The lowest BCUT2D eigenvalue weighted by Gasteiger charge is -2.26. The summed E-state index contributed by atoms with van der Waals surface area (Å²) in [6, 6.07) is 9.90. The van der Waals surface area contributed by atoms with Gasteiger partial charge in [0.25, 0.3) is 11.8 Å². The molecule has 0 saturated carbocycles. The van der Waals surface area contributed by atoms with Crippen LogP contribution in [0.5, 0.6) is 5.75 Å². The van der Waals surface area contributed by atoms with E-state index in [1.807, 2.05) is 0 Å². The van der Waals surface area contributed by atoms with E-state index in [1.54, 1.807) is 25.1 Å². The number of methoxy groups -OCH3 is 1. The summed E-state index contributed by atoms with van der Waals surface area (Å²) in [5.41, 5.74) is 0.842. The minimum atomic E-state index is -0.873. The molecular formula is C21H17BrN2O6. The number of barbiturate groups is 1. The summed E-state index contributed by atoms with van der Waals surface area (Å²) < 4.78 is 10.7. The zero-order valence-electron chi connectivity index (χ0n) is 16.1. The Balaban J connectivity index is 1.92. The predicted molar refractivity (Wildman–Crippen MR) is 112 cm³/mol. The quantitative estimate of drug-likeness (QED) is 0.406. The Kier molecular flexibility index (Phi) is 6.31. The molecule has 2 aromatic rings. The van der Waals surface area contributed by atoms with Crippen molar-refractivity contribution in [2.24, 2.45) is 0 Å². The van der Waals surface area contributed by atoms with Crippen molar-refractivity contribution in [1.82, 2.24) is 5.32 Å². The topological polar surface area (TPSA) is 102 Å². The van der Waals surface area contributed by atoms with Crippen molar-refractivity contribution in [3.05, 3.63) is 63.6 Å². The molecule has 1 N–H and O–H groups in total. The molecule has 0 aliphatic carbocycles. The highest BCUT2D eigenvalue weighted by Crippen LogP contribution is 2.28. The van der Waals surface area contributed by atoms with Crippen molar-refractivity contribution in [2.45, 2.75) is 6.92 Å². The number of urea groups is 1. The first-order valence-corrected chi connectivity index (χ1v) is 9.67. The van der Waals surface area contributed by atoms with E-state index < -0.39 is 23.8 Å². The lowest BCUT2D eigenvalue weighted by molar-refractivity contribution is -0.122. The number of halogens is 1. The van der Waals surface area contributed by atoms with Crippen LogP contribution in [0.25, 0.3) is 6.08 Å². The van der Waals surface area contributed by atoms with Crippen molar-refractivity contribution in [3.63, 3.8) is 0 Å². The average molecular weight is 473 g/mol. The van der Waals surface area contributed by atoms with Gasteiger partial charge in [-0.15, -0.1) is 0 Å². The summed E-state index contributed by atoms with van der Waals surface area (Å²) in [5, 5.41) is 2.15. The van der Waals surface area contributed by atoms with Gasteiger partial charge in [-0.3, -0.25) is 14.9 Å². The third-order valence-corrected chi connectivity index (χ3v) is 4.84. The van der Waals surface area contributed by atoms with Crippen molar-refractivity contribution < 1.29 is 28.7 Å². The number of anilines is 1. The van der Waals surface area contributed by atoms with Crippen LogP contribution in [0.2, 0.25) is 0 Å². The Morgan fingerprint density at radius 3 is 2.43 bits per heavy atom. The average Bonchev–Trinajstić information content (AvgIpc) is 2.72. The maximum Gasteiger partial charge on any atom is 0.338 e. The predicted octanol–water partition coefficient (Wildman–Crippen LogP) is 3.30. The fourth-order valence-electron chi connectivity index (χ4n) is 2.79. The first kappa shape index (κ1) is 21.3. The Bertz CT molecular complexity index is 1060. The summed E-state index contributed by atoms with van der Waals surface area (Å²) in [4.78, 5) is 50.1. The van der Waals surface area contributed by atoms with Gasteiger partial charge in [-0.25, -0.2) is 14.5 Å². The number of ether oxygens (including phenoxy) is 2. The van der Waals surface area contributed by atoms with E-state index in [9.17, 15) is 19.2 Å². The van der Waals surface area contributed by atoms with Crippen LogP contribution in [0.4, 0.5) is 10.5 Å². The summed E-state index contributed by atoms with van der Waals surface area (Å²) in [7, 11) is 1.52. The van der Waals surface area contributed by atoms with Gasteiger partial charge in [0.1, 0.15) is 11.3 Å². The molecular weight excluding hydrogens is 456 g/mol. The van der Waals surface area contributed by atoms with E-state index in [4.69, 9.17) is 9.47 Å². The first-order chi connectivity index (χ1) is 14.3. The molecule has 154 valence electrons. The van der Waals surface area contributed by atoms with Crippen molar-refractivity contribution in [2.75, 3.05) is 18.6 Å². The number of nitrogens with zero attached hydrogens (tertiary/aromatic N) is 1. The van der Waals surface area contributed by atoms with E-state index in [2.05, 4.69) is 21.2 Å². The lowest BCUT2D eigenvalue weighted by atomic mass is 10.1. The molecule has 30 heavy (non-hydrogen) atoms. The van der Waals surface area contributed by atoms with Gasteiger partial charge in [-0.1, -0.05) is 6.07 Å². The van der Waals surface area contributed by atoms with Gasteiger partial charge < -0.3 is 9.47 Å². The number of rotatable bonds is 5. The molecule has 3 rings (SSSR count). The van der Waals surface area contributed by atoms with Crippen LogP contribution in [0, 0.1) is 0 Å². The molecule has 1 fully saturated rings. The first-order valence-electron chi connectivity index (χ1n) is 8.88. The fourth-order valence-corrected chi connectivity index (χ4v) is 3.35. The standard InChI is InChI=1S/C21H17BrN2O6/c1-3-30-20(27)13-5-7-14(8-6-13)24-19(26)15(18(25)23-21(24)28)10-12-4-9-17(29-2)16(22)11-12/h4-11H,3H2,1-2H3,(H,23,25,28)/b15-10+. The molecule has 0 atom stereocenters. The molecule has 1 heterocycles. The Morgan fingerprint density at radius 1 is 1.13 bits per heavy atom. The number of hydrogen-bond acceptors (Lipinski definition) is 6. The van der Waals surface area contributed by atoms with Gasteiger partial charge in [0.05, 0.1) is 29.4 Å². The minimum Gasteiger partial charge on any atom is -0.496 e. The Labute approximate surface area is 180 Å². The lowest BCUT2D eigenvalue weighted by Crippen LogP contribution is -2.54. The number of nitrogens with one attached hydrogen (secondary N) is 1. The normalized spacial score (nSPS) is 15.2. The largest absolute Gasteiger partial charge is 0.496 e. The van der Waals surface area contributed by atoms with E-state index in [0.29, 0.717) is 15.8 Å². The highest BCUT2D eigenvalue weighted by atomic mass is 79.9. The second kappa shape index (κ2) is 8.91. The minimum absolute atomic E-state index is 0.207. The van der Waals surface area contributed by atoms with Crippen LogP contribution < -0.4 is 15.0 Å². The fraction of sp³-hybridized carbons (Fsp3) is 0.143. The van der Waals surface area contributed by atoms with Gasteiger partial charge >= 0.3 is 12.0 Å². The number of esters is 1. The monoisotopic (exact) mass is 472 g/mol. The molecule has 0 radical (unpaired) electrons. The molecule has 0 aromatic heterocycles. The number of carbonyl (C=O) groups is 4. The highest BCUT2D eigenvalue weighted by molar-refractivity contribution is 9.10. The molecule has 2 aromatic carbocycles. The summed E-state index contributed by atoms with van der Waals surface area (Å²) >= 11 is 3.35. The Morgan fingerprint density at radius 2 is 1.83 bits per heavy atom. The molecule has 0 bridgehead atoms. The molecule has 1 aliphatic heterocycles. The molecule has 9 heteroatoms. The van der Waals surface area contributed by atoms with Crippen molar-refractivity contribution >= 4 is 51.5 Å². The number of carbonyl (C=O) groups excluding carboxylic acids is 4. The number of amides is 4. The van der Waals surface area contributed by atoms with Crippen LogP contribution in [-0.4, -0.2) is 37.5 Å². The van der Waals surface area contributed by atoms with Gasteiger partial charge in [-0.2, -0.15) is 0 Å². The highest BCUT2D eigenvalue weighted by Gasteiger charge is 2.36. The number of imide groups is 2. The molecule has 0 unspecified atom stereocenters. The van der Waals surface area contributed by atoms with Gasteiger partial charge in [-0.05, 0) is 70.9 Å². The molecule has 1 aliphatic rings. The Hall–Kier alpha value is -3.46. The second-order valence-electron chi connectivity index (χ2n) is 6.12. The molecule has 1 saturated heterocycles. The zero-order chi connectivity index (χ0) is 21.8. The number of benzene rings is 2. The van der Waals surface area contributed by atoms with E-state index in [0.717, 1.165) is 4.90 Å². The van der Waals surface area contributed by atoms with Gasteiger partial charge in [0.15, 0.2) is 0 Å². The molecule has 8 nitrogen and oxygen atoms in total. The SMILES string of the molecule is CCOC(=O)c1ccc(N2C(=O)NC(=O)/C(=C\c3ccc(OC)c(Br)c3)C2=O)cc1. The maximum absolute atomic E-state index is 12.9. The van der Waals surface area contributed by atoms with E-state index in [-0.39, 0.29) is 23.4 Å². The second-order valence-corrected chi connectivity index (χ2v) is 6.97.